The molecule has 0 aromatic rings. The van der Waals surface area contributed by atoms with Crippen molar-refractivity contribution in [1.82, 2.24) is 0 Å². The van der Waals surface area contributed by atoms with Gasteiger partial charge in [0.1, 0.15) is 4.49 Å². The molecule has 4 heteroatoms. The molecule has 78 valence electrons. The summed E-state index contributed by atoms with van der Waals surface area (Å²) in [7, 11) is 0. The van der Waals surface area contributed by atoms with Gasteiger partial charge in [-0.25, -0.2) is 0 Å². The monoisotopic (exact) mass is 234 g/mol. The van der Waals surface area contributed by atoms with Crippen LogP contribution in [0.15, 0.2) is 22.7 Å². The summed E-state index contributed by atoms with van der Waals surface area (Å²) in [5, 5.41) is 8.87. The van der Waals surface area contributed by atoms with Crippen LogP contribution in [-0.2, 0) is 4.79 Å². The van der Waals surface area contributed by atoms with Crippen molar-refractivity contribution in [3.8, 4) is 0 Å². The van der Waals surface area contributed by atoms with Crippen LogP contribution in [0, 0.1) is 17.3 Å². The lowest BCUT2D eigenvalue weighted by Crippen LogP contribution is -2.02. The molecule has 0 aromatic heterocycles. The van der Waals surface area contributed by atoms with Crippen LogP contribution < -0.4 is 0 Å². The second-order valence-corrected chi connectivity index (χ2v) is 5.01. The summed E-state index contributed by atoms with van der Waals surface area (Å²) < 4.78 is 0.173. The van der Waals surface area contributed by atoms with E-state index in [1.165, 1.54) is 6.08 Å². The highest BCUT2D eigenvalue weighted by molar-refractivity contribution is 6.55. The topological polar surface area (TPSA) is 37.3 Å². The zero-order valence-corrected chi connectivity index (χ0v) is 9.51. The first-order valence-corrected chi connectivity index (χ1v) is 5.05. The molecule has 0 aromatic carbocycles. The molecule has 1 aliphatic carbocycles. The summed E-state index contributed by atoms with van der Waals surface area (Å²) in [4.78, 5) is 10.8. The summed E-state index contributed by atoms with van der Waals surface area (Å²) in [6.45, 7) is 3.87. The minimum absolute atomic E-state index is 0.0731. The van der Waals surface area contributed by atoms with Crippen LogP contribution in [0.2, 0.25) is 0 Å². The molecule has 1 fully saturated rings. The fourth-order valence-corrected chi connectivity index (χ4v) is 1.90. The van der Waals surface area contributed by atoms with E-state index in [1.54, 1.807) is 6.08 Å². The Morgan fingerprint density at radius 3 is 2.36 bits per heavy atom. The quantitative estimate of drug-likeness (QED) is 0.762. The van der Waals surface area contributed by atoms with Gasteiger partial charge in [-0.05, 0) is 17.4 Å². The van der Waals surface area contributed by atoms with Crippen molar-refractivity contribution in [2.24, 2.45) is 17.3 Å². The van der Waals surface area contributed by atoms with Gasteiger partial charge < -0.3 is 5.11 Å². The molecule has 1 N–H and O–H groups in total. The Labute approximate surface area is 93.2 Å². The van der Waals surface area contributed by atoms with Crippen LogP contribution in [0.3, 0.4) is 0 Å². The number of carboxylic acids is 1. The van der Waals surface area contributed by atoms with E-state index in [0.717, 1.165) is 0 Å². The summed E-state index contributed by atoms with van der Waals surface area (Å²) in [6, 6.07) is 0. The van der Waals surface area contributed by atoms with E-state index < -0.39 is 5.97 Å². The van der Waals surface area contributed by atoms with Crippen molar-refractivity contribution in [3.05, 3.63) is 22.7 Å². The predicted octanol–water partition coefficient (Wildman–Crippen LogP) is 3.22. The van der Waals surface area contributed by atoms with Crippen molar-refractivity contribution in [3.63, 3.8) is 0 Å². The number of carbonyl (C=O) groups is 1. The predicted molar refractivity (Wildman–Crippen MR) is 57.3 cm³/mol. The second-order valence-electron chi connectivity index (χ2n) is 4.00. The van der Waals surface area contributed by atoms with Gasteiger partial charge in [0.05, 0.1) is 5.92 Å². The highest BCUT2D eigenvalue weighted by atomic mass is 35.5. The molecule has 0 radical (unpaired) electrons. The van der Waals surface area contributed by atoms with Crippen molar-refractivity contribution in [2.45, 2.75) is 13.8 Å². The largest absolute Gasteiger partial charge is 0.481 e. The van der Waals surface area contributed by atoms with E-state index in [9.17, 15) is 4.79 Å². The Bertz CT molecular complexity index is 301. The summed E-state index contributed by atoms with van der Waals surface area (Å²) in [5.74, 6) is -0.962. The van der Waals surface area contributed by atoms with Crippen LogP contribution >= 0.6 is 23.2 Å². The third-order valence-corrected chi connectivity index (χ3v) is 2.97. The molecule has 0 spiro atoms. The van der Waals surface area contributed by atoms with Gasteiger partial charge in [-0.3, -0.25) is 4.79 Å². The van der Waals surface area contributed by atoms with Gasteiger partial charge in [0.15, 0.2) is 0 Å². The summed E-state index contributed by atoms with van der Waals surface area (Å²) in [5.41, 5.74) is -0.158. The maximum absolute atomic E-state index is 10.8. The highest BCUT2D eigenvalue weighted by Gasteiger charge is 2.60. The fourth-order valence-electron chi connectivity index (χ4n) is 1.76. The molecule has 2 atom stereocenters. The molecule has 0 aliphatic heterocycles. The Hall–Kier alpha value is -0.470. The smallest absolute Gasteiger partial charge is 0.307 e. The lowest BCUT2D eigenvalue weighted by molar-refractivity contribution is -0.139. The Morgan fingerprint density at radius 2 is 2.00 bits per heavy atom. The van der Waals surface area contributed by atoms with Gasteiger partial charge in [0, 0.05) is 0 Å². The average molecular weight is 235 g/mol. The highest BCUT2D eigenvalue weighted by Crippen LogP contribution is 2.59. The number of aliphatic carboxylic acids is 1. The van der Waals surface area contributed by atoms with Crippen molar-refractivity contribution >= 4 is 29.2 Å². The molecule has 0 heterocycles. The van der Waals surface area contributed by atoms with Crippen molar-refractivity contribution in [1.29, 1.82) is 0 Å². The SMILES string of the molecule is CC1(C)[C@@H](C=CC=C(Cl)Cl)[C@@H]1C(=O)O. The molecule has 0 saturated heterocycles. The number of hydrogen-bond donors (Lipinski definition) is 1. The molecule has 1 rings (SSSR count). The number of rotatable bonds is 3. The maximum Gasteiger partial charge on any atom is 0.307 e. The third kappa shape index (κ3) is 2.31. The summed E-state index contributed by atoms with van der Waals surface area (Å²) in [6.07, 6.45) is 5.07. The number of hydrogen-bond acceptors (Lipinski definition) is 1. The van der Waals surface area contributed by atoms with Crippen LogP contribution in [0.4, 0.5) is 0 Å². The van der Waals surface area contributed by atoms with Gasteiger partial charge in [0.2, 0.25) is 0 Å². The molecular formula is C10H12Cl2O2. The first kappa shape index (κ1) is 11.6. The Kier molecular flexibility index (Phi) is 3.28. The van der Waals surface area contributed by atoms with Gasteiger partial charge in [0.25, 0.3) is 0 Å². The van der Waals surface area contributed by atoms with Crippen LogP contribution in [0.5, 0.6) is 0 Å². The molecule has 14 heavy (non-hydrogen) atoms. The van der Waals surface area contributed by atoms with Gasteiger partial charge in [-0.15, -0.1) is 0 Å². The third-order valence-electron chi connectivity index (χ3n) is 2.72. The number of allylic oxidation sites excluding steroid dienone is 3. The standard InChI is InChI=1S/C10H12Cl2O2/c1-10(2)6(8(10)9(13)14)4-3-5-7(11)12/h3-6,8H,1-2H3,(H,13,14)/t6-,8+/m0/s1. The van der Waals surface area contributed by atoms with E-state index in [-0.39, 0.29) is 21.7 Å². The minimum Gasteiger partial charge on any atom is -0.481 e. The summed E-state index contributed by atoms with van der Waals surface area (Å²) >= 11 is 10.8. The van der Waals surface area contributed by atoms with E-state index >= 15 is 0 Å². The van der Waals surface area contributed by atoms with E-state index in [1.807, 2.05) is 19.9 Å². The zero-order chi connectivity index (χ0) is 10.9. The molecule has 2 nitrogen and oxygen atoms in total. The van der Waals surface area contributed by atoms with Crippen molar-refractivity contribution < 1.29 is 9.90 Å². The van der Waals surface area contributed by atoms with E-state index in [0.29, 0.717) is 0 Å². The molecule has 1 saturated carbocycles. The number of carboxylic acid groups (broad SMARTS) is 1. The van der Waals surface area contributed by atoms with E-state index in [2.05, 4.69) is 0 Å². The fraction of sp³-hybridized carbons (Fsp3) is 0.500. The molecular weight excluding hydrogens is 223 g/mol. The lowest BCUT2D eigenvalue weighted by atomic mass is 10.1. The van der Waals surface area contributed by atoms with Crippen molar-refractivity contribution in [2.75, 3.05) is 0 Å². The molecule has 0 amide bonds. The minimum atomic E-state index is -0.745. The van der Waals surface area contributed by atoms with Gasteiger partial charge >= 0.3 is 5.97 Å². The maximum atomic E-state index is 10.8. The molecule has 0 unspecified atom stereocenters. The molecule has 1 aliphatic rings. The Morgan fingerprint density at radius 1 is 1.43 bits per heavy atom. The first-order chi connectivity index (χ1) is 6.37. The second kappa shape index (κ2) is 3.95. The average Bonchev–Trinajstić information content (AvgIpc) is 2.52. The lowest BCUT2D eigenvalue weighted by Gasteiger charge is -1.95. The van der Waals surface area contributed by atoms with Crippen LogP contribution in [-0.4, -0.2) is 11.1 Å². The Balaban J connectivity index is 2.62. The van der Waals surface area contributed by atoms with Gasteiger partial charge in [-0.2, -0.15) is 0 Å². The molecule has 0 bridgehead atoms. The van der Waals surface area contributed by atoms with Gasteiger partial charge in [-0.1, -0.05) is 49.2 Å². The van der Waals surface area contributed by atoms with Crippen LogP contribution in [0.25, 0.3) is 0 Å². The normalized spacial score (nSPS) is 28.9. The first-order valence-electron chi connectivity index (χ1n) is 4.29. The van der Waals surface area contributed by atoms with Crippen LogP contribution in [0.1, 0.15) is 13.8 Å². The van der Waals surface area contributed by atoms with E-state index in [4.69, 9.17) is 28.3 Å². The number of halogens is 2. The zero-order valence-electron chi connectivity index (χ0n) is 8.00.